The number of amides is 3. The molecule has 1 atom stereocenters. The van der Waals surface area contributed by atoms with E-state index in [1.807, 2.05) is 30.3 Å². The van der Waals surface area contributed by atoms with Crippen molar-refractivity contribution in [3.8, 4) is 0 Å². The van der Waals surface area contributed by atoms with Crippen molar-refractivity contribution in [2.45, 2.75) is 31.7 Å². The van der Waals surface area contributed by atoms with Crippen molar-refractivity contribution in [2.75, 3.05) is 11.9 Å². The van der Waals surface area contributed by atoms with Gasteiger partial charge in [0, 0.05) is 25.1 Å². The van der Waals surface area contributed by atoms with E-state index in [9.17, 15) is 19.2 Å². The summed E-state index contributed by atoms with van der Waals surface area (Å²) in [6.45, 7) is 0.299. The maximum Gasteiger partial charge on any atom is 0.305 e. The zero-order valence-corrected chi connectivity index (χ0v) is 18.0. The van der Waals surface area contributed by atoms with Gasteiger partial charge in [0.2, 0.25) is 17.7 Å². The molecule has 2 rings (SSSR count). The van der Waals surface area contributed by atoms with Gasteiger partial charge in [-0.2, -0.15) is 5.10 Å². The second-order valence-electron chi connectivity index (χ2n) is 7.19. The van der Waals surface area contributed by atoms with Crippen molar-refractivity contribution >= 4 is 35.6 Å². The van der Waals surface area contributed by atoms with Gasteiger partial charge in [-0.15, -0.1) is 0 Å². The number of hydrogen-bond acceptors (Lipinski definition) is 6. The number of nitrogens with two attached hydrogens (primary N) is 1. The molecule has 0 bridgehead atoms. The molecule has 0 radical (unpaired) electrons. The van der Waals surface area contributed by atoms with Crippen LogP contribution in [0.2, 0.25) is 0 Å². The molecule has 0 saturated carbocycles. The minimum atomic E-state index is -1.23. The molecule has 0 aromatic heterocycles. The topological polar surface area (TPSA) is 163 Å². The van der Waals surface area contributed by atoms with Gasteiger partial charge in [0.25, 0.3) is 0 Å². The van der Waals surface area contributed by atoms with Gasteiger partial charge in [0.05, 0.1) is 12.6 Å². The molecule has 0 spiro atoms. The van der Waals surface area contributed by atoms with E-state index in [0.717, 1.165) is 11.1 Å². The van der Waals surface area contributed by atoms with E-state index in [-0.39, 0.29) is 12.8 Å². The van der Waals surface area contributed by atoms with Crippen LogP contribution in [0, 0.1) is 0 Å². The Balaban J connectivity index is 1.79. The largest absolute Gasteiger partial charge is 0.481 e. The summed E-state index contributed by atoms with van der Waals surface area (Å²) in [5.41, 5.74) is 2.32. The van der Waals surface area contributed by atoms with E-state index in [1.54, 1.807) is 24.3 Å². The summed E-state index contributed by atoms with van der Waals surface area (Å²) in [7, 11) is 0. The SMILES string of the molecule is NN=Cc1ccc(NC(=O)CCC(=O)NC(CC(=O)O)C(=O)NCCc2ccccc2)cc1. The van der Waals surface area contributed by atoms with Crippen LogP contribution in [0.1, 0.15) is 30.4 Å². The number of anilines is 1. The maximum atomic E-state index is 12.4. The minimum absolute atomic E-state index is 0.132. The number of carboxylic acids is 1. The molecule has 174 valence electrons. The van der Waals surface area contributed by atoms with Gasteiger partial charge in [-0.3, -0.25) is 19.2 Å². The minimum Gasteiger partial charge on any atom is -0.481 e. The first-order valence-electron chi connectivity index (χ1n) is 10.3. The molecule has 10 heteroatoms. The highest BCUT2D eigenvalue weighted by atomic mass is 16.4. The average Bonchev–Trinajstić information content (AvgIpc) is 2.79. The quantitative estimate of drug-likeness (QED) is 0.183. The molecule has 33 heavy (non-hydrogen) atoms. The molecule has 2 aromatic rings. The molecule has 6 N–H and O–H groups in total. The van der Waals surface area contributed by atoms with Gasteiger partial charge in [0.15, 0.2) is 0 Å². The normalized spacial score (nSPS) is 11.5. The van der Waals surface area contributed by atoms with E-state index in [1.165, 1.54) is 6.21 Å². The van der Waals surface area contributed by atoms with Crippen LogP contribution >= 0.6 is 0 Å². The molecule has 0 aliphatic heterocycles. The highest BCUT2D eigenvalue weighted by Crippen LogP contribution is 2.09. The highest BCUT2D eigenvalue weighted by Gasteiger charge is 2.23. The van der Waals surface area contributed by atoms with Crippen LogP contribution in [0.25, 0.3) is 0 Å². The second-order valence-corrected chi connectivity index (χ2v) is 7.19. The summed E-state index contributed by atoms with van der Waals surface area (Å²) < 4.78 is 0. The number of benzene rings is 2. The van der Waals surface area contributed by atoms with Crippen LogP contribution in [0.3, 0.4) is 0 Å². The van der Waals surface area contributed by atoms with Crippen molar-refractivity contribution in [1.29, 1.82) is 0 Å². The lowest BCUT2D eigenvalue weighted by Gasteiger charge is -2.17. The molecular weight excluding hydrogens is 426 g/mol. The number of nitrogens with one attached hydrogen (secondary N) is 3. The van der Waals surface area contributed by atoms with E-state index in [4.69, 9.17) is 10.9 Å². The fourth-order valence-electron chi connectivity index (χ4n) is 2.94. The number of hydrazone groups is 1. The molecule has 0 saturated heterocycles. The standard InChI is InChI=1S/C23H27N5O5/c24-26-15-17-6-8-18(9-7-17)27-20(29)10-11-21(30)28-19(14-22(31)32)23(33)25-13-12-16-4-2-1-3-5-16/h1-9,15,19H,10-14,24H2,(H,25,33)(H,27,29)(H,28,30)(H,31,32). The number of rotatable bonds is 12. The fraction of sp³-hybridized carbons (Fsp3) is 0.261. The molecule has 3 amide bonds. The van der Waals surface area contributed by atoms with Crippen molar-refractivity contribution < 1.29 is 24.3 Å². The molecular formula is C23H27N5O5. The summed E-state index contributed by atoms with van der Waals surface area (Å²) >= 11 is 0. The molecule has 2 aromatic carbocycles. The lowest BCUT2D eigenvalue weighted by molar-refractivity contribution is -0.140. The molecule has 0 fully saturated rings. The highest BCUT2D eigenvalue weighted by molar-refractivity contribution is 5.95. The number of carboxylic acid groups (broad SMARTS) is 1. The molecule has 0 aliphatic rings. The van der Waals surface area contributed by atoms with Crippen LogP contribution in [0.5, 0.6) is 0 Å². The fourth-order valence-corrected chi connectivity index (χ4v) is 2.94. The number of nitrogens with zero attached hydrogens (tertiary/aromatic N) is 1. The van der Waals surface area contributed by atoms with E-state index in [2.05, 4.69) is 21.1 Å². The Hall–Kier alpha value is -4.21. The zero-order valence-electron chi connectivity index (χ0n) is 18.0. The summed E-state index contributed by atoms with van der Waals surface area (Å²) in [6.07, 6.45) is 1.14. The summed E-state index contributed by atoms with van der Waals surface area (Å²) in [4.78, 5) is 47.8. The van der Waals surface area contributed by atoms with Gasteiger partial charge < -0.3 is 26.9 Å². The monoisotopic (exact) mass is 453 g/mol. The lowest BCUT2D eigenvalue weighted by Crippen LogP contribution is -2.48. The molecule has 0 aliphatic carbocycles. The van der Waals surface area contributed by atoms with Crippen molar-refractivity contribution in [3.63, 3.8) is 0 Å². The number of carbonyl (C=O) groups excluding carboxylic acids is 3. The third-order valence-corrected chi connectivity index (χ3v) is 4.58. The van der Waals surface area contributed by atoms with Gasteiger partial charge in [0.1, 0.15) is 6.04 Å². The number of aliphatic carboxylic acids is 1. The Morgan fingerprint density at radius 2 is 1.64 bits per heavy atom. The smallest absolute Gasteiger partial charge is 0.305 e. The van der Waals surface area contributed by atoms with Crippen molar-refractivity contribution in [3.05, 3.63) is 65.7 Å². The average molecular weight is 453 g/mol. The van der Waals surface area contributed by atoms with Crippen LogP contribution in [0.4, 0.5) is 5.69 Å². The molecule has 10 nitrogen and oxygen atoms in total. The van der Waals surface area contributed by atoms with Gasteiger partial charge >= 0.3 is 5.97 Å². The van der Waals surface area contributed by atoms with Gasteiger partial charge in [-0.1, -0.05) is 42.5 Å². The zero-order chi connectivity index (χ0) is 24.1. The van der Waals surface area contributed by atoms with Crippen LogP contribution in [0.15, 0.2) is 59.7 Å². The third kappa shape index (κ3) is 9.64. The first kappa shape index (κ1) is 25.1. The summed E-state index contributed by atoms with van der Waals surface area (Å²) in [5, 5.41) is 20.2. The summed E-state index contributed by atoms with van der Waals surface area (Å²) in [6, 6.07) is 15.0. The Morgan fingerprint density at radius 1 is 0.970 bits per heavy atom. The third-order valence-electron chi connectivity index (χ3n) is 4.58. The van der Waals surface area contributed by atoms with E-state index < -0.39 is 36.2 Å². The Bertz CT molecular complexity index is 976. The van der Waals surface area contributed by atoms with Crippen molar-refractivity contribution in [2.24, 2.45) is 10.9 Å². The number of carbonyl (C=O) groups is 4. The Morgan fingerprint density at radius 3 is 2.27 bits per heavy atom. The first-order chi connectivity index (χ1) is 15.9. The predicted molar refractivity (Wildman–Crippen MR) is 123 cm³/mol. The summed E-state index contributed by atoms with van der Waals surface area (Å²) in [5.74, 6) is 2.28. The van der Waals surface area contributed by atoms with Crippen LogP contribution < -0.4 is 21.8 Å². The Labute approximate surface area is 191 Å². The van der Waals surface area contributed by atoms with Crippen molar-refractivity contribution in [1.82, 2.24) is 10.6 Å². The number of hydrogen-bond donors (Lipinski definition) is 5. The van der Waals surface area contributed by atoms with Crippen LogP contribution in [-0.2, 0) is 25.6 Å². The van der Waals surface area contributed by atoms with E-state index in [0.29, 0.717) is 18.7 Å². The van der Waals surface area contributed by atoms with Gasteiger partial charge in [-0.05, 0) is 29.7 Å². The van der Waals surface area contributed by atoms with Gasteiger partial charge in [-0.25, -0.2) is 0 Å². The Kier molecular flexibility index (Phi) is 10.1. The molecule has 0 heterocycles. The lowest BCUT2D eigenvalue weighted by atomic mass is 10.1. The maximum absolute atomic E-state index is 12.4. The molecule has 1 unspecified atom stereocenters. The van der Waals surface area contributed by atoms with E-state index >= 15 is 0 Å². The predicted octanol–water partition coefficient (Wildman–Crippen LogP) is 1.02. The van der Waals surface area contributed by atoms with Crippen LogP contribution in [-0.4, -0.2) is 47.6 Å². The second kappa shape index (κ2) is 13.3. The first-order valence-corrected chi connectivity index (χ1v) is 10.3.